The van der Waals surface area contributed by atoms with Gasteiger partial charge in [-0.05, 0) is 46.7 Å². The third-order valence-electron chi connectivity index (χ3n) is 3.93. The average Bonchev–Trinajstić information content (AvgIpc) is 2.89. The van der Waals surface area contributed by atoms with Crippen LogP contribution >= 0.6 is 0 Å². The van der Waals surface area contributed by atoms with E-state index in [0.717, 1.165) is 36.7 Å². The highest BCUT2D eigenvalue weighted by molar-refractivity contribution is 5.19. The van der Waals surface area contributed by atoms with Crippen molar-refractivity contribution in [3.8, 4) is 0 Å². The number of β-amino-alcohol motifs (C(OH)–C–C–N with tert-alkyl or cyclic N) is 1. The molecule has 0 radical (unpaired) electrons. The number of nitrogens with zero attached hydrogens (tertiary/aromatic N) is 3. The molecule has 1 aliphatic heterocycles. The molecule has 0 saturated carbocycles. The molecule has 2 unspecified atom stereocenters. The second-order valence-electron chi connectivity index (χ2n) is 5.75. The lowest BCUT2D eigenvalue weighted by molar-refractivity contribution is 0.121. The molecular weight excluding hydrogens is 252 g/mol. The van der Waals surface area contributed by atoms with Gasteiger partial charge in [0.2, 0.25) is 0 Å². The Kier molecular flexibility index (Phi) is 5.46. The van der Waals surface area contributed by atoms with E-state index in [9.17, 15) is 5.11 Å². The normalized spacial score (nSPS) is 19.2. The maximum Gasteiger partial charge on any atom is 0.125 e. The first-order valence-electron chi connectivity index (χ1n) is 7.50. The molecule has 0 aliphatic carbocycles. The van der Waals surface area contributed by atoms with Crippen molar-refractivity contribution in [2.75, 3.05) is 26.2 Å². The van der Waals surface area contributed by atoms with Crippen molar-refractivity contribution in [1.29, 1.82) is 0 Å². The van der Waals surface area contributed by atoms with Gasteiger partial charge in [-0.3, -0.25) is 0 Å². The van der Waals surface area contributed by atoms with Crippen LogP contribution in [0.25, 0.3) is 0 Å². The molecule has 2 N–H and O–H groups in total. The fourth-order valence-electron chi connectivity index (χ4n) is 2.77. The first kappa shape index (κ1) is 15.4. The summed E-state index contributed by atoms with van der Waals surface area (Å²) in [4.78, 5) is 11.0. The van der Waals surface area contributed by atoms with Gasteiger partial charge in [-0.15, -0.1) is 0 Å². The maximum absolute atomic E-state index is 10.1. The van der Waals surface area contributed by atoms with Crippen molar-refractivity contribution in [3.05, 3.63) is 23.3 Å². The van der Waals surface area contributed by atoms with Gasteiger partial charge in [0.1, 0.15) is 5.82 Å². The molecule has 0 amide bonds. The number of likely N-dealkylation sites (tertiary alicyclic amines) is 1. The van der Waals surface area contributed by atoms with Crippen molar-refractivity contribution in [2.24, 2.45) is 0 Å². The van der Waals surface area contributed by atoms with E-state index in [2.05, 4.69) is 27.1 Å². The standard InChI is InChI=1S/C15H26N4O/c1-11(15-9-17-13(3)18-12(15)2)16-8-14(20)10-19-6-4-5-7-19/h9,11,14,16,20H,4-8,10H2,1-3H3. The number of aliphatic hydroxyl groups excluding tert-OH is 1. The number of nitrogens with one attached hydrogen (secondary N) is 1. The number of aliphatic hydroxyl groups is 1. The predicted octanol–water partition coefficient (Wildman–Crippen LogP) is 1.20. The molecule has 2 atom stereocenters. The summed E-state index contributed by atoms with van der Waals surface area (Å²) in [5.74, 6) is 0.799. The van der Waals surface area contributed by atoms with Crippen molar-refractivity contribution in [1.82, 2.24) is 20.2 Å². The van der Waals surface area contributed by atoms with Gasteiger partial charge >= 0.3 is 0 Å². The second kappa shape index (κ2) is 7.11. The smallest absolute Gasteiger partial charge is 0.125 e. The minimum absolute atomic E-state index is 0.156. The van der Waals surface area contributed by atoms with E-state index in [1.165, 1.54) is 12.8 Å². The second-order valence-corrected chi connectivity index (χ2v) is 5.75. The molecule has 20 heavy (non-hydrogen) atoms. The van der Waals surface area contributed by atoms with Crippen LogP contribution in [0.3, 0.4) is 0 Å². The number of hydrogen-bond acceptors (Lipinski definition) is 5. The highest BCUT2D eigenvalue weighted by Gasteiger charge is 2.17. The van der Waals surface area contributed by atoms with E-state index in [1.54, 1.807) is 0 Å². The van der Waals surface area contributed by atoms with E-state index in [1.807, 2.05) is 20.0 Å². The lowest BCUT2D eigenvalue weighted by Gasteiger charge is -2.22. The zero-order valence-electron chi connectivity index (χ0n) is 12.8. The van der Waals surface area contributed by atoms with Gasteiger partial charge in [-0.25, -0.2) is 9.97 Å². The first-order valence-corrected chi connectivity index (χ1v) is 7.50. The van der Waals surface area contributed by atoms with Gasteiger partial charge in [0.05, 0.1) is 6.10 Å². The van der Waals surface area contributed by atoms with Crippen LogP contribution in [0, 0.1) is 13.8 Å². The molecule has 0 bridgehead atoms. The van der Waals surface area contributed by atoms with Gasteiger partial charge in [0.15, 0.2) is 0 Å². The summed E-state index contributed by atoms with van der Waals surface area (Å²) in [5.41, 5.74) is 2.11. The lowest BCUT2D eigenvalue weighted by Crippen LogP contribution is -2.38. The van der Waals surface area contributed by atoms with E-state index >= 15 is 0 Å². The van der Waals surface area contributed by atoms with E-state index in [0.29, 0.717) is 6.54 Å². The predicted molar refractivity (Wildman–Crippen MR) is 79.6 cm³/mol. The third kappa shape index (κ3) is 4.23. The first-order chi connectivity index (χ1) is 9.56. The Morgan fingerprint density at radius 1 is 1.35 bits per heavy atom. The largest absolute Gasteiger partial charge is 0.390 e. The molecule has 5 nitrogen and oxygen atoms in total. The van der Waals surface area contributed by atoms with E-state index in [4.69, 9.17) is 0 Å². The molecule has 1 aliphatic rings. The average molecular weight is 278 g/mol. The summed E-state index contributed by atoms with van der Waals surface area (Å²) in [6, 6.07) is 0.156. The molecule has 2 rings (SSSR count). The molecule has 5 heteroatoms. The molecule has 2 heterocycles. The minimum atomic E-state index is -0.317. The van der Waals surface area contributed by atoms with Crippen molar-refractivity contribution in [3.63, 3.8) is 0 Å². The van der Waals surface area contributed by atoms with Gasteiger partial charge < -0.3 is 15.3 Å². The third-order valence-corrected chi connectivity index (χ3v) is 3.93. The summed E-state index contributed by atoms with van der Waals surface area (Å²) >= 11 is 0. The molecule has 112 valence electrons. The zero-order chi connectivity index (χ0) is 14.5. The Morgan fingerprint density at radius 3 is 2.70 bits per heavy atom. The van der Waals surface area contributed by atoms with E-state index in [-0.39, 0.29) is 12.1 Å². The van der Waals surface area contributed by atoms with Crippen LogP contribution < -0.4 is 5.32 Å². The highest BCUT2D eigenvalue weighted by Crippen LogP contribution is 2.14. The zero-order valence-corrected chi connectivity index (χ0v) is 12.8. The Bertz CT molecular complexity index is 432. The monoisotopic (exact) mass is 278 g/mol. The quantitative estimate of drug-likeness (QED) is 0.819. The molecule has 0 spiro atoms. The van der Waals surface area contributed by atoms with Crippen molar-refractivity contribution < 1.29 is 5.11 Å². The van der Waals surface area contributed by atoms with Crippen LogP contribution in [0.4, 0.5) is 0 Å². The molecule has 1 fully saturated rings. The Morgan fingerprint density at radius 2 is 2.05 bits per heavy atom. The number of aryl methyl sites for hydroxylation is 2. The van der Waals surface area contributed by atoms with Gasteiger partial charge in [0.25, 0.3) is 0 Å². The Labute approximate surface area is 121 Å². The number of hydrogen-bond donors (Lipinski definition) is 2. The molecule has 1 saturated heterocycles. The molecular formula is C15H26N4O. The van der Waals surface area contributed by atoms with Crippen molar-refractivity contribution >= 4 is 0 Å². The SMILES string of the molecule is Cc1ncc(C(C)NCC(O)CN2CCCC2)c(C)n1. The fourth-order valence-corrected chi connectivity index (χ4v) is 2.77. The summed E-state index contributed by atoms with van der Waals surface area (Å²) < 4.78 is 0. The van der Waals surface area contributed by atoms with Crippen molar-refractivity contribution in [2.45, 2.75) is 45.8 Å². The summed E-state index contributed by atoms with van der Waals surface area (Å²) in [6.07, 6.45) is 4.08. The number of aromatic nitrogens is 2. The van der Waals surface area contributed by atoms with Crippen LogP contribution in [0.5, 0.6) is 0 Å². The van der Waals surface area contributed by atoms with Gasteiger partial charge in [-0.1, -0.05) is 0 Å². The Hall–Kier alpha value is -1.04. The van der Waals surface area contributed by atoms with Crippen LogP contribution in [-0.2, 0) is 0 Å². The summed E-state index contributed by atoms with van der Waals surface area (Å²) in [7, 11) is 0. The Balaban J connectivity index is 1.80. The van der Waals surface area contributed by atoms with Gasteiger partial charge in [0, 0.05) is 36.6 Å². The van der Waals surface area contributed by atoms with Crippen LogP contribution in [0.15, 0.2) is 6.20 Å². The van der Waals surface area contributed by atoms with Crippen LogP contribution in [0.2, 0.25) is 0 Å². The maximum atomic E-state index is 10.1. The highest BCUT2D eigenvalue weighted by atomic mass is 16.3. The van der Waals surface area contributed by atoms with Crippen LogP contribution in [-0.4, -0.2) is 52.3 Å². The fraction of sp³-hybridized carbons (Fsp3) is 0.733. The lowest BCUT2D eigenvalue weighted by atomic mass is 10.1. The van der Waals surface area contributed by atoms with Gasteiger partial charge in [-0.2, -0.15) is 0 Å². The summed E-state index contributed by atoms with van der Waals surface area (Å²) in [5, 5.41) is 13.5. The van der Waals surface area contributed by atoms with E-state index < -0.39 is 0 Å². The molecule has 0 aromatic carbocycles. The molecule has 1 aromatic rings. The minimum Gasteiger partial charge on any atom is -0.390 e. The topological polar surface area (TPSA) is 61.3 Å². The van der Waals surface area contributed by atoms with Crippen LogP contribution in [0.1, 0.15) is 42.9 Å². The summed E-state index contributed by atoms with van der Waals surface area (Å²) in [6.45, 7) is 9.60. The molecule has 1 aromatic heterocycles. The number of rotatable bonds is 6.